The summed E-state index contributed by atoms with van der Waals surface area (Å²) in [7, 11) is 0. The molecule has 3 nitrogen and oxygen atoms in total. The Bertz CT molecular complexity index is 295. The molecule has 24 heavy (non-hydrogen) atoms. The zero-order chi connectivity index (χ0) is 17.2. The van der Waals surface area contributed by atoms with E-state index in [4.69, 9.17) is 5.73 Å². The Hall–Kier alpha value is -0.570. The van der Waals surface area contributed by atoms with Gasteiger partial charge in [0.1, 0.15) is 5.78 Å². The molecular formula is C20H40ClNO2. The molecular weight excluding hydrogens is 322 g/mol. The Morgan fingerprint density at radius 3 is 1.29 bits per heavy atom. The number of halogens is 1. The molecule has 0 fully saturated rings. The molecule has 0 rings (SSSR count). The standard InChI is InChI=1S/C20H39NO2.ClH/c1-2-3-4-5-6-7-8-9-10-11-12-13-14-15-16-17-19(22)18-20(21)23;/h2-18H2,1H3,(H2,21,23);1H. The van der Waals surface area contributed by atoms with Crippen LogP contribution in [0.15, 0.2) is 0 Å². The summed E-state index contributed by atoms with van der Waals surface area (Å²) in [5, 5.41) is 0. The number of hydrogen-bond acceptors (Lipinski definition) is 2. The van der Waals surface area contributed by atoms with Crippen LogP contribution in [0.5, 0.6) is 0 Å². The molecule has 0 aromatic heterocycles. The normalized spacial score (nSPS) is 10.4. The summed E-state index contributed by atoms with van der Waals surface area (Å²) >= 11 is 0. The van der Waals surface area contributed by atoms with E-state index in [0.717, 1.165) is 12.8 Å². The monoisotopic (exact) mass is 361 g/mol. The molecule has 0 unspecified atom stereocenters. The average Bonchev–Trinajstić information content (AvgIpc) is 2.50. The van der Waals surface area contributed by atoms with E-state index in [2.05, 4.69) is 6.92 Å². The number of carbonyl (C=O) groups excluding carboxylic acids is 2. The second-order valence-corrected chi connectivity index (χ2v) is 6.88. The van der Waals surface area contributed by atoms with E-state index >= 15 is 0 Å². The second kappa shape index (κ2) is 20.5. The van der Waals surface area contributed by atoms with Crippen molar-refractivity contribution in [1.82, 2.24) is 0 Å². The lowest BCUT2D eigenvalue weighted by Gasteiger charge is -2.03. The van der Waals surface area contributed by atoms with Crippen LogP contribution in [0.3, 0.4) is 0 Å². The lowest BCUT2D eigenvalue weighted by molar-refractivity contribution is -0.126. The lowest BCUT2D eigenvalue weighted by atomic mass is 10.0. The van der Waals surface area contributed by atoms with Crippen LogP contribution >= 0.6 is 12.4 Å². The van der Waals surface area contributed by atoms with Crippen LogP contribution in [-0.4, -0.2) is 11.7 Å². The number of nitrogens with two attached hydrogens (primary N) is 1. The van der Waals surface area contributed by atoms with Crippen molar-refractivity contribution in [2.24, 2.45) is 5.73 Å². The minimum atomic E-state index is -0.504. The number of amides is 1. The summed E-state index contributed by atoms with van der Waals surface area (Å²) in [4.78, 5) is 21.9. The molecule has 1 amide bonds. The fraction of sp³-hybridized carbons (Fsp3) is 0.900. The van der Waals surface area contributed by atoms with E-state index in [-0.39, 0.29) is 24.6 Å². The van der Waals surface area contributed by atoms with Gasteiger partial charge in [0.25, 0.3) is 0 Å². The maximum absolute atomic E-state index is 11.3. The molecule has 0 aromatic rings. The Morgan fingerprint density at radius 1 is 0.625 bits per heavy atom. The fourth-order valence-corrected chi connectivity index (χ4v) is 2.98. The van der Waals surface area contributed by atoms with Gasteiger partial charge < -0.3 is 5.73 Å². The third-order valence-corrected chi connectivity index (χ3v) is 4.43. The highest BCUT2D eigenvalue weighted by molar-refractivity contribution is 5.97. The number of primary amides is 1. The summed E-state index contributed by atoms with van der Waals surface area (Å²) in [6, 6.07) is 0. The third kappa shape index (κ3) is 21.4. The van der Waals surface area contributed by atoms with Gasteiger partial charge in [-0.25, -0.2) is 0 Å². The highest BCUT2D eigenvalue weighted by Gasteiger charge is 2.05. The molecule has 0 bridgehead atoms. The SMILES string of the molecule is CCCCCCCCCCCCCCCCCC(=O)CC(N)=O.Cl. The quantitative estimate of drug-likeness (QED) is 0.236. The van der Waals surface area contributed by atoms with Crippen molar-refractivity contribution in [3.63, 3.8) is 0 Å². The van der Waals surface area contributed by atoms with Gasteiger partial charge in [0.15, 0.2) is 0 Å². The Balaban J connectivity index is 0. The average molecular weight is 362 g/mol. The predicted molar refractivity (Wildman–Crippen MR) is 106 cm³/mol. The predicted octanol–water partition coefficient (Wildman–Crippen LogP) is 6.11. The number of hydrogen-bond donors (Lipinski definition) is 1. The molecule has 2 N–H and O–H groups in total. The van der Waals surface area contributed by atoms with Gasteiger partial charge in [0, 0.05) is 6.42 Å². The molecule has 0 saturated carbocycles. The molecule has 0 aliphatic rings. The van der Waals surface area contributed by atoms with Gasteiger partial charge in [-0.2, -0.15) is 0 Å². The maximum Gasteiger partial charge on any atom is 0.224 e. The van der Waals surface area contributed by atoms with Crippen molar-refractivity contribution in [1.29, 1.82) is 0 Å². The zero-order valence-electron chi connectivity index (χ0n) is 15.8. The number of carbonyl (C=O) groups is 2. The van der Waals surface area contributed by atoms with Gasteiger partial charge in [0.2, 0.25) is 5.91 Å². The Labute approximate surface area is 155 Å². The largest absolute Gasteiger partial charge is 0.369 e. The first-order chi connectivity index (χ1) is 11.2. The van der Waals surface area contributed by atoms with Gasteiger partial charge in [-0.15, -0.1) is 12.4 Å². The van der Waals surface area contributed by atoms with E-state index < -0.39 is 5.91 Å². The molecule has 0 saturated heterocycles. The number of Topliss-reactive ketones (excluding diaryl/α,β-unsaturated/α-hetero) is 1. The first-order valence-electron chi connectivity index (χ1n) is 9.96. The highest BCUT2D eigenvalue weighted by Crippen LogP contribution is 2.13. The minimum absolute atomic E-state index is 0. The Morgan fingerprint density at radius 2 is 0.958 bits per heavy atom. The third-order valence-electron chi connectivity index (χ3n) is 4.43. The topological polar surface area (TPSA) is 60.2 Å². The van der Waals surface area contributed by atoms with Crippen LogP contribution in [0.2, 0.25) is 0 Å². The first-order valence-corrected chi connectivity index (χ1v) is 9.96. The molecule has 144 valence electrons. The summed E-state index contributed by atoms with van der Waals surface area (Å²) in [5.41, 5.74) is 4.99. The van der Waals surface area contributed by atoms with Crippen molar-refractivity contribution >= 4 is 24.1 Å². The van der Waals surface area contributed by atoms with Crippen molar-refractivity contribution < 1.29 is 9.59 Å². The van der Waals surface area contributed by atoms with Crippen molar-refractivity contribution in [3.05, 3.63) is 0 Å². The molecule has 0 aromatic carbocycles. The van der Waals surface area contributed by atoms with Crippen molar-refractivity contribution in [3.8, 4) is 0 Å². The highest BCUT2D eigenvalue weighted by atomic mass is 35.5. The summed E-state index contributed by atoms with van der Waals surface area (Å²) in [6.45, 7) is 2.27. The Kier molecular flexibility index (Phi) is 21.9. The van der Waals surface area contributed by atoms with Gasteiger partial charge in [0.05, 0.1) is 6.42 Å². The summed E-state index contributed by atoms with van der Waals surface area (Å²) < 4.78 is 0. The van der Waals surface area contributed by atoms with E-state index in [0.29, 0.717) is 6.42 Å². The van der Waals surface area contributed by atoms with Crippen molar-refractivity contribution in [2.75, 3.05) is 0 Å². The fourth-order valence-electron chi connectivity index (χ4n) is 2.98. The van der Waals surface area contributed by atoms with E-state index in [9.17, 15) is 9.59 Å². The van der Waals surface area contributed by atoms with Gasteiger partial charge >= 0.3 is 0 Å². The number of ketones is 1. The van der Waals surface area contributed by atoms with Gasteiger partial charge in [-0.05, 0) is 6.42 Å². The summed E-state index contributed by atoms with van der Waals surface area (Å²) in [6.07, 6.45) is 20.2. The van der Waals surface area contributed by atoms with Crippen LogP contribution in [0.4, 0.5) is 0 Å². The molecule has 0 radical (unpaired) electrons. The molecule has 0 heterocycles. The number of rotatable bonds is 18. The summed E-state index contributed by atoms with van der Waals surface area (Å²) in [5.74, 6) is -0.511. The zero-order valence-corrected chi connectivity index (χ0v) is 16.6. The molecule has 4 heteroatoms. The van der Waals surface area contributed by atoms with E-state index in [1.807, 2.05) is 0 Å². The molecule has 0 aliphatic heterocycles. The van der Waals surface area contributed by atoms with Gasteiger partial charge in [-0.3, -0.25) is 9.59 Å². The van der Waals surface area contributed by atoms with Gasteiger partial charge in [-0.1, -0.05) is 96.8 Å². The number of unbranched alkanes of at least 4 members (excludes halogenated alkanes) is 14. The molecule has 0 spiro atoms. The molecule has 0 aliphatic carbocycles. The van der Waals surface area contributed by atoms with Crippen LogP contribution in [0, 0.1) is 0 Å². The van der Waals surface area contributed by atoms with Crippen LogP contribution < -0.4 is 5.73 Å². The lowest BCUT2D eigenvalue weighted by Crippen LogP contribution is -2.15. The van der Waals surface area contributed by atoms with Crippen molar-refractivity contribution in [2.45, 2.75) is 116 Å². The molecule has 0 atom stereocenters. The van der Waals surface area contributed by atoms with Crippen LogP contribution in [-0.2, 0) is 9.59 Å². The van der Waals surface area contributed by atoms with E-state index in [1.165, 1.54) is 83.5 Å². The maximum atomic E-state index is 11.3. The first kappa shape index (κ1) is 25.7. The smallest absolute Gasteiger partial charge is 0.224 e. The van der Waals surface area contributed by atoms with E-state index in [1.54, 1.807) is 0 Å². The van der Waals surface area contributed by atoms with Crippen LogP contribution in [0.1, 0.15) is 116 Å². The second-order valence-electron chi connectivity index (χ2n) is 6.88. The van der Waals surface area contributed by atoms with Crippen LogP contribution in [0.25, 0.3) is 0 Å². The minimum Gasteiger partial charge on any atom is -0.369 e.